The van der Waals surface area contributed by atoms with E-state index in [4.69, 9.17) is 4.98 Å². The molecule has 33 heavy (non-hydrogen) atoms. The molecule has 7 heteroatoms. The van der Waals surface area contributed by atoms with E-state index in [2.05, 4.69) is 34.3 Å². The van der Waals surface area contributed by atoms with Crippen molar-refractivity contribution in [3.8, 4) is 22.0 Å². The van der Waals surface area contributed by atoms with Gasteiger partial charge in [-0.25, -0.2) is 15.0 Å². The molecule has 0 spiro atoms. The first-order valence-corrected chi connectivity index (χ1v) is 11.7. The fourth-order valence-corrected chi connectivity index (χ4v) is 4.28. The second kappa shape index (κ2) is 10.5. The van der Waals surface area contributed by atoms with Crippen LogP contribution in [0.3, 0.4) is 0 Å². The molecule has 0 bridgehead atoms. The topological polar surface area (TPSA) is 71.0 Å². The molecule has 1 N–H and O–H groups in total. The second-order valence-corrected chi connectivity index (χ2v) is 9.35. The van der Waals surface area contributed by atoms with Crippen molar-refractivity contribution < 1.29 is 4.79 Å². The number of para-hydroxylation sites is 1. The second-order valence-electron chi connectivity index (χ2n) is 8.12. The molecule has 168 valence electrons. The largest absolute Gasteiger partial charge is 0.320 e. The van der Waals surface area contributed by atoms with Gasteiger partial charge in [0.2, 0.25) is 0 Å². The third-order valence-electron chi connectivity index (χ3n) is 5.11. The number of carbonyl (C=O) groups excluding carboxylic acids is 1. The zero-order valence-corrected chi connectivity index (χ0v) is 19.9. The molecule has 0 saturated heterocycles. The molecule has 2 aromatic heterocycles. The van der Waals surface area contributed by atoms with Crippen LogP contribution in [0.1, 0.15) is 27.5 Å². The van der Waals surface area contributed by atoms with E-state index in [9.17, 15) is 4.79 Å². The molecule has 2 heterocycles. The lowest BCUT2D eigenvalue weighted by atomic mass is 10.1. The van der Waals surface area contributed by atoms with Crippen LogP contribution in [-0.4, -0.2) is 46.4 Å². The summed E-state index contributed by atoms with van der Waals surface area (Å²) in [6.07, 6.45) is 3.57. The molecular formula is C26H27N5OS. The van der Waals surface area contributed by atoms with Gasteiger partial charge in [-0.1, -0.05) is 42.5 Å². The highest BCUT2D eigenvalue weighted by Crippen LogP contribution is 2.31. The number of benzene rings is 2. The fourth-order valence-electron chi connectivity index (χ4n) is 3.48. The van der Waals surface area contributed by atoms with Crippen LogP contribution in [0.4, 0.5) is 5.69 Å². The number of anilines is 1. The number of aryl methyl sites for hydroxylation is 2. The molecule has 0 unspecified atom stereocenters. The van der Waals surface area contributed by atoms with Crippen LogP contribution in [0.25, 0.3) is 22.0 Å². The van der Waals surface area contributed by atoms with Crippen molar-refractivity contribution in [3.63, 3.8) is 0 Å². The summed E-state index contributed by atoms with van der Waals surface area (Å²) < 4.78 is 0. The van der Waals surface area contributed by atoms with Gasteiger partial charge in [-0.05, 0) is 58.6 Å². The average molecular weight is 458 g/mol. The Labute approximate surface area is 198 Å². The maximum atomic E-state index is 13.3. The Morgan fingerprint density at radius 1 is 1.03 bits per heavy atom. The summed E-state index contributed by atoms with van der Waals surface area (Å²) in [6, 6.07) is 19.3. The zero-order chi connectivity index (χ0) is 23.2. The number of nitrogens with one attached hydrogen (secondary N) is 1. The van der Waals surface area contributed by atoms with Crippen LogP contribution in [0.15, 0.2) is 66.9 Å². The Hall–Kier alpha value is -3.42. The molecule has 4 aromatic rings. The number of nitrogens with zero attached hydrogens (tertiary/aromatic N) is 4. The van der Waals surface area contributed by atoms with Gasteiger partial charge in [0.25, 0.3) is 5.91 Å². The SMILES string of the molecule is Cc1cnc(-c2ccccc2NC(=O)c2cc(CCCN(C)C)nc(-c3ccccc3)n2)s1. The van der Waals surface area contributed by atoms with Gasteiger partial charge in [-0.15, -0.1) is 11.3 Å². The first-order chi connectivity index (χ1) is 16.0. The number of rotatable bonds is 8. The maximum absolute atomic E-state index is 13.3. The zero-order valence-electron chi connectivity index (χ0n) is 19.1. The standard InChI is InChI=1S/C26H27N5OS/c1-18-17-27-26(33-18)21-13-7-8-14-22(21)30-25(32)23-16-20(12-9-15-31(2)3)28-24(29-23)19-10-5-4-6-11-19/h4-8,10-11,13-14,16-17H,9,12,15H2,1-3H3,(H,30,32). The lowest BCUT2D eigenvalue weighted by molar-refractivity contribution is 0.102. The normalized spacial score (nSPS) is 11.0. The summed E-state index contributed by atoms with van der Waals surface area (Å²) in [4.78, 5) is 30.4. The van der Waals surface area contributed by atoms with E-state index in [-0.39, 0.29) is 5.91 Å². The third-order valence-corrected chi connectivity index (χ3v) is 6.06. The number of carbonyl (C=O) groups is 1. The molecule has 0 aliphatic carbocycles. The fraction of sp³-hybridized carbons (Fsp3) is 0.231. The average Bonchev–Trinajstić information content (AvgIpc) is 3.25. The molecule has 0 radical (unpaired) electrons. The highest BCUT2D eigenvalue weighted by atomic mass is 32.1. The highest BCUT2D eigenvalue weighted by Gasteiger charge is 2.16. The summed E-state index contributed by atoms with van der Waals surface area (Å²) >= 11 is 1.60. The Kier molecular flexibility index (Phi) is 7.22. The van der Waals surface area contributed by atoms with Crippen molar-refractivity contribution in [1.29, 1.82) is 0 Å². The lowest BCUT2D eigenvalue weighted by Crippen LogP contribution is -2.17. The molecule has 6 nitrogen and oxygen atoms in total. The quantitative estimate of drug-likeness (QED) is 0.388. The van der Waals surface area contributed by atoms with Gasteiger partial charge in [0, 0.05) is 27.9 Å². The number of aromatic nitrogens is 3. The minimum atomic E-state index is -0.260. The molecule has 0 aliphatic rings. The number of hydrogen-bond acceptors (Lipinski definition) is 6. The summed E-state index contributed by atoms with van der Waals surface area (Å²) in [5, 5.41) is 3.92. The minimum Gasteiger partial charge on any atom is -0.320 e. The predicted octanol–water partition coefficient (Wildman–Crippen LogP) is 5.32. The molecule has 0 aliphatic heterocycles. The van der Waals surface area contributed by atoms with Gasteiger partial charge in [-0.2, -0.15) is 0 Å². The molecule has 0 atom stereocenters. The third kappa shape index (κ3) is 5.88. The van der Waals surface area contributed by atoms with E-state index in [1.807, 2.05) is 67.7 Å². The van der Waals surface area contributed by atoms with E-state index < -0.39 is 0 Å². The summed E-state index contributed by atoms with van der Waals surface area (Å²) in [5.74, 6) is 0.302. The van der Waals surface area contributed by atoms with Gasteiger partial charge in [0.1, 0.15) is 10.7 Å². The van der Waals surface area contributed by atoms with Crippen LogP contribution in [-0.2, 0) is 6.42 Å². The van der Waals surface area contributed by atoms with E-state index in [1.54, 1.807) is 17.4 Å². The molecular weight excluding hydrogens is 430 g/mol. The first-order valence-electron chi connectivity index (χ1n) is 10.9. The van der Waals surface area contributed by atoms with Crippen molar-refractivity contribution in [2.24, 2.45) is 0 Å². The van der Waals surface area contributed by atoms with Gasteiger partial charge < -0.3 is 10.2 Å². The van der Waals surface area contributed by atoms with E-state index in [1.165, 1.54) is 0 Å². The van der Waals surface area contributed by atoms with E-state index in [0.717, 1.165) is 46.1 Å². The van der Waals surface area contributed by atoms with Crippen LogP contribution < -0.4 is 5.32 Å². The van der Waals surface area contributed by atoms with Crippen LogP contribution in [0.5, 0.6) is 0 Å². The highest BCUT2D eigenvalue weighted by molar-refractivity contribution is 7.15. The predicted molar refractivity (Wildman–Crippen MR) is 135 cm³/mol. The Morgan fingerprint density at radius 2 is 1.79 bits per heavy atom. The van der Waals surface area contributed by atoms with E-state index in [0.29, 0.717) is 17.2 Å². The van der Waals surface area contributed by atoms with Gasteiger partial charge in [0.15, 0.2) is 5.82 Å². The van der Waals surface area contributed by atoms with Crippen molar-refractivity contribution >= 4 is 22.9 Å². The van der Waals surface area contributed by atoms with Crippen molar-refractivity contribution in [3.05, 3.63) is 83.1 Å². The first kappa shape index (κ1) is 22.8. The summed E-state index contributed by atoms with van der Waals surface area (Å²) in [5.41, 5.74) is 3.71. The molecule has 2 aromatic carbocycles. The molecule has 4 rings (SSSR count). The number of amides is 1. The van der Waals surface area contributed by atoms with Crippen LogP contribution >= 0.6 is 11.3 Å². The van der Waals surface area contributed by atoms with Crippen molar-refractivity contribution in [2.75, 3.05) is 26.0 Å². The van der Waals surface area contributed by atoms with Gasteiger partial charge >= 0.3 is 0 Å². The maximum Gasteiger partial charge on any atom is 0.274 e. The molecule has 1 amide bonds. The van der Waals surface area contributed by atoms with E-state index >= 15 is 0 Å². The Balaban J connectivity index is 1.64. The smallest absolute Gasteiger partial charge is 0.274 e. The van der Waals surface area contributed by atoms with Gasteiger partial charge in [0.05, 0.1) is 5.69 Å². The molecule has 0 saturated carbocycles. The monoisotopic (exact) mass is 457 g/mol. The minimum absolute atomic E-state index is 0.260. The Bertz CT molecular complexity index is 1240. The van der Waals surface area contributed by atoms with Crippen molar-refractivity contribution in [2.45, 2.75) is 19.8 Å². The summed E-state index contributed by atoms with van der Waals surface area (Å²) in [7, 11) is 4.10. The Morgan fingerprint density at radius 3 is 2.52 bits per heavy atom. The van der Waals surface area contributed by atoms with Crippen LogP contribution in [0.2, 0.25) is 0 Å². The molecule has 0 fully saturated rings. The number of thiazole rings is 1. The van der Waals surface area contributed by atoms with Crippen LogP contribution in [0, 0.1) is 6.92 Å². The van der Waals surface area contributed by atoms with Gasteiger partial charge in [-0.3, -0.25) is 4.79 Å². The van der Waals surface area contributed by atoms with Crippen molar-refractivity contribution in [1.82, 2.24) is 19.9 Å². The lowest BCUT2D eigenvalue weighted by Gasteiger charge is -2.12. The number of hydrogen-bond donors (Lipinski definition) is 1. The summed E-state index contributed by atoms with van der Waals surface area (Å²) in [6.45, 7) is 2.97.